The van der Waals surface area contributed by atoms with Gasteiger partial charge in [0.25, 0.3) is 0 Å². The molecule has 2 N–H and O–H groups in total. The van der Waals surface area contributed by atoms with E-state index < -0.39 is 35.1 Å². The molecule has 0 aromatic rings. The van der Waals surface area contributed by atoms with Gasteiger partial charge in [0.2, 0.25) is 17.7 Å². The zero-order chi connectivity index (χ0) is 16.4. The number of aliphatic carboxylic acids is 1. The molecule has 1 rings (SSSR count). The second-order valence-electron chi connectivity index (χ2n) is 5.91. The maximum Gasteiger partial charge on any atom is 0.310 e. The maximum atomic E-state index is 12.4. The zero-order valence-corrected chi connectivity index (χ0v) is 12.8. The molecule has 21 heavy (non-hydrogen) atoms. The molecule has 1 fully saturated rings. The fourth-order valence-electron chi connectivity index (χ4n) is 2.28. The second-order valence-corrected chi connectivity index (χ2v) is 5.91. The van der Waals surface area contributed by atoms with Gasteiger partial charge in [-0.2, -0.15) is 0 Å². The first kappa shape index (κ1) is 17.1. The SMILES string of the molecule is CCC1C(=O)NC(=O)CN1C(=O)CC(C)(C(=O)O)C(C)C. The Morgan fingerprint density at radius 1 is 1.43 bits per heavy atom. The van der Waals surface area contributed by atoms with Crippen molar-refractivity contribution in [1.82, 2.24) is 10.2 Å². The van der Waals surface area contributed by atoms with Gasteiger partial charge >= 0.3 is 5.97 Å². The molecule has 0 aliphatic carbocycles. The van der Waals surface area contributed by atoms with Gasteiger partial charge in [-0.1, -0.05) is 20.8 Å². The number of piperazine rings is 1. The van der Waals surface area contributed by atoms with Crippen molar-refractivity contribution in [2.24, 2.45) is 11.3 Å². The van der Waals surface area contributed by atoms with Gasteiger partial charge in [-0.3, -0.25) is 24.5 Å². The number of imide groups is 1. The molecule has 1 saturated heterocycles. The van der Waals surface area contributed by atoms with Crippen LogP contribution < -0.4 is 5.32 Å². The summed E-state index contributed by atoms with van der Waals surface area (Å²) in [5, 5.41) is 11.5. The number of hydrogen-bond donors (Lipinski definition) is 2. The molecule has 7 nitrogen and oxygen atoms in total. The van der Waals surface area contributed by atoms with Crippen LogP contribution in [0.1, 0.15) is 40.5 Å². The van der Waals surface area contributed by atoms with Gasteiger partial charge in [0.1, 0.15) is 12.6 Å². The first-order valence-corrected chi connectivity index (χ1v) is 7.00. The molecule has 1 aliphatic rings. The van der Waals surface area contributed by atoms with Gasteiger partial charge in [0.05, 0.1) is 5.41 Å². The Bertz CT molecular complexity index is 474. The lowest BCUT2D eigenvalue weighted by Crippen LogP contribution is -2.60. The van der Waals surface area contributed by atoms with Gasteiger partial charge in [0, 0.05) is 6.42 Å². The number of carboxylic acid groups (broad SMARTS) is 1. The molecular weight excluding hydrogens is 276 g/mol. The molecule has 1 aliphatic heterocycles. The standard InChI is InChI=1S/C14H22N2O5/c1-5-9-12(19)15-10(17)7-16(9)11(18)6-14(4,8(2)3)13(20)21/h8-9H,5-7H2,1-4H3,(H,20,21)(H,15,17,19). The highest BCUT2D eigenvalue weighted by Gasteiger charge is 2.43. The quantitative estimate of drug-likeness (QED) is 0.714. The van der Waals surface area contributed by atoms with Crippen molar-refractivity contribution in [3.8, 4) is 0 Å². The topological polar surface area (TPSA) is 104 Å². The summed E-state index contributed by atoms with van der Waals surface area (Å²) in [6, 6.07) is -0.722. The van der Waals surface area contributed by atoms with Gasteiger partial charge in [-0.25, -0.2) is 0 Å². The molecule has 0 radical (unpaired) electrons. The monoisotopic (exact) mass is 298 g/mol. The minimum Gasteiger partial charge on any atom is -0.481 e. The van der Waals surface area contributed by atoms with Gasteiger partial charge in [0.15, 0.2) is 0 Å². The maximum absolute atomic E-state index is 12.4. The molecule has 1 heterocycles. The highest BCUT2D eigenvalue weighted by molar-refractivity contribution is 6.04. The average molecular weight is 298 g/mol. The summed E-state index contributed by atoms with van der Waals surface area (Å²) in [5.74, 6) is -2.85. The largest absolute Gasteiger partial charge is 0.481 e. The Hall–Kier alpha value is -1.92. The van der Waals surface area contributed by atoms with E-state index in [9.17, 15) is 24.3 Å². The van der Waals surface area contributed by atoms with Crippen LogP contribution in [0.15, 0.2) is 0 Å². The molecule has 2 unspecified atom stereocenters. The third kappa shape index (κ3) is 3.40. The summed E-state index contributed by atoms with van der Waals surface area (Å²) in [6.45, 7) is 6.49. The molecule has 7 heteroatoms. The Labute approximate surface area is 123 Å². The van der Waals surface area contributed by atoms with Crippen LogP contribution >= 0.6 is 0 Å². The summed E-state index contributed by atoms with van der Waals surface area (Å²) in [4.78, 5) is 48.2. The van der Waals surface area contributed by atoms with E-state index in [-0.39, 0.29) is 18.9 Å². The Balaban J connectivity index is 2.97. The lowest BCUT2D eigenvalue weighted by atomic mass is 9.76. The number of nitrogens with one attached hydrogen (secondary N) is 1. The molecule has 2 atom stereocenters. The van der Waals surface area contributed by atoms with E-state index in [0.29, 0.717) is 6.42 Å². The normalized spacial score (nSPS) is 22.0. The summed E-state index contributed by atoms with van der Waals surface area (Å²) in [7, 11) is 0. The molecule has 3 amide bonds. The fraction of sp³-hybridized carbons (Fsp3) is 0.714. The van der Waals surface area contributed by atoms with Gasteiger partial charge in [-0.15, -0.1) is 0 Å². The number of carbonyl (C=O) groups excluding carboxylic acids is 3. The van der Waals surface area contributed by atoms with E-state index in [1.165, 1.54) is 11.8 Å². The van der Waals surface area contributed by atoms with Crippen LogP contribution in [0.4, 0.5) is 0 Å². The minimum absolute atomic E-state index is 0.211. The van der Waals surface area contributed by atoms with Gasteiger partial charge in [-0.05, 0) is 19.3 Å². The smallest absolute Gasteiger partial charge is 0.310 e. The lowest BCUT2D eigenvalue weighted by Gasteiger charge is -2.36. The summed E-state index contributed by atoms with van der Waals surface area (Å²) in [6.07, 6.45) is 0.132. The first-order chi connectivity index (χ1) is 9.63. The van der Waals surface area contributed by atoms with Crippen LogP contribution in [0.25, 0.3) is 0 Å². The molecule has 0 aromatic heterocycles. The number of carbonyl (C=O) groups is 4. The van der Waals surface area contributed by atoms with Crippen LogP contribution in [-0.2, 0) is 19.2 Å². The van der Waals surface area contributed by atoms with E-state index in [1.807, 2.05) is 0 Å². The van der Waals surface area contributed by atoms with E-state index in [2.05, 4.69) is 5.32 Å². The zero-order valence-electron chi connectivity index (χ0n) is 12.8. The highest BCUT2D eigenvalue weighted by Crippen LogP contribution is 2.32. The van der Waals surface area contributed by atoms with Crippen LogP contribution in [0.3, 0.4) is 0 Å². The molecule has 0 saturated carbocycles. The van der Waals surface area contributed by atoms with Gasteiger partial charge < -0.3 is 10.0 Å². The lowest BCUT2D eigenvalue weighted by molar-refractivity contribution is -0.158. The number of nitrogens with zero attached hydrogens (tertiary/aromatic N) is 1. The molecular formula is C14H22N2O5. The third-order valence-electron chi connectivity index (χ3n) is 4.24. The first-order valence-electron chi connectivity index (χ1n) is 7.00. The van der Waals surface area contributed by atoms with Crippen LogP contribution in [0.5, 0.6) is 0 Å². The minimum atomic E-state index is -1.23. The Morgan fingerprint density at radius 3 is 2.43 bits per heavy atom. The van der Waals surface area contributed by atoms with E-state index in [1.54, 1.807) is 20.8 Å². The van der Waals surface area contributed by atoms with Crippen LogP contribution in [0, 0.1) is 11.3 Å². The molecule has 0 bridgehead atoms. The highest BCUT2D eigenvalue weighted by atomic mass is 16.4. The second kappa shape index (κ2) is 6.24. The van der Waals surface area contributed by atoms with Crippen LogP contribution in [0.2, 0.25) is 0 Å². The predicted octanol–water partition coefficient (Wildman–Crippen LogP) is 0.387. The number of hydrogen-bond acceptors (Lipinski definition) is 4. The molecule has 0 spiro atoms. The third-order valence-corrected chi connectivity index (χ3v) is 4.24. The predicted molar refractivity (Wildman–Crippen MR) is 74.1 cm³/mol. The summed E-state index contributed by atoms with van der Waals surface area (Å²) in [5.41, 5.74) is -1.23. The van der Waals surface area contributed by atoms with E-state index >= 15 is 0 Å². The molecule has 0 aromatic carbocycles. The molecule has 118 valence electrons. The van der Waals surface area contributed by atoms with Crippen molar-refractivity contribution in [3.05, 3.63) is 0 Å². The van der Waals surface area contributed by atoms with Crippen molar-refractivity contribution >= 4 is 23.7 Å². The van der Waals surface area contributed by atoms with Crippen molar-refractivity contribution in [3.63, 3.8) is 0 Å². The summed E-state index contributed by atoms with van der Waals surface area (Å²) >= 11 is 0. The van der Waals surface area contributed by atoms with Crippen molar-refractivity contribution < 1.29 is 24.3 Å². The average Bonchev–Trinajstić information content (AvgIpc) is 2.37. The van der Waals surface area contributed by atoms with Crippen molar-refractivity contribution in [2.75, 3.05) is 6.54 Å². The number of amides is 3. The Morgan fingerprint density at radius 2 is 2.00 bits per heavy atom. The summed E-state index contributed by atoms with van der Waals surface area (Å²) < 4.78 is 0. The van der Waals surface area contributed by atoms with Crippen LogP contribution in [-0.4, -0.2) is 46.3 Å². The van der Waals surface area contributed by atoms with E-state index in [0.717, 1.165) is 0 Å². The van der Waals surface area contributed by atoms with E-state index in [4.69, 9.17) is 0 Å². The van der Waals surface area contributed by atoms with Crippen molar-refractivity contribution in [2.45, 2.75) is 46.6 Å². The van der Waals surface area contributed by atoms with Crippen molar-refractivity contribution in [1.29, 1.82) is 0 Å². The number of carboxylic acids is 1. The Kier molecular flexibility index (Phi) is 5.09. The number of rotatable bonds is 5. The fourth-order valence-corrected chi connectivity index (χ4v) is 2.28.